The number of carbonyl (C=O) groups is 1. The second kappa shape index (κ2) is 5.28. The van der Waals surface area contributed by atoms with Gasteiger partial charge in [-0.2, -0.15) is 5.10 Å². The van der Waals surface area contributed by atoms with E-state index in [-0.39, 0.29) is 5.91 Å². The molecule has 1 atom stereocenters. The standard InChI is InChI=1S/C16H20N4O2/c1-22-12-4-5-13-14(9-12)17-18-15(13)16(21)20-8-6-11-3-2-7-19(11)10-20/h4-5,9,11H,2-3,6-8,10H2,1H3,(H,17,18). The number of fused-ring (bicyclic) bond motifs is 2. The first-order chi connectivity index (χ1) is 10.8. The third-order valence-corrected chi connectivity index (χ3v) is 4.84. The molecule has 6 nitrogen and oxygen atoms in total. The highest BCUT2D eigenvalue weighted by Gasteiger charge is 2.33. The fourth-order valence-electron chi connectivity index (χ4n) is 3.61. The third kappa shape index (κ3) is 2.14. The van der Waals surface area contributed by atoms with Crippen molar-refractivity contribution in [3.05, 3.63) is 23.9 Å². The fourth-order valence-corrected chi connectivity index (χ4v) is 3.61. The highest BCUT2D eigenvalue weighted by Crippen LogP contribution is 2.27. The quantitative estimate of drug-likeness (QED) is 0.919. The molecule has 1 aromatic heterocycles. The first-order valence-corrected chi connectivity index (χ1v) is 7.81. The van der Waals surface area contributed by atoms with E-state index >= 15 is 0 Å². The van der Waals surface area contributed by atoms with Crippen molar-refractivity contribution in [2.24, 2.45) is 0 Å². The van der Waals surface area contributed by atoms with E-state index in [4.69, 9.17) is 4.74 Å². The van der Waals surface area contributed by atoms with Crippen molar-refractivity contribution in [3.8, 4) is 5.75 Å². The Bertz CT molecular complexity index is 711. The Morgan fingerprint density at radius 2 is 2.27 bits per heavy atom. The molecule has 2 fully saturated rings. The van der Waals surface area contributed by atoms with Gasteiger partial charge in [-0.25, -0.2) is 0 Å². The van der Waals surface area contributed by atoms with Crippen LogP contribution in [0.5, 0.6) is 5.75 Å². The minimum Gasteiger partial charge on any atom is -0.497 e. The van der Waals surface area contributed by atoms with Gasteiger partial charge in [0.15, 0.2) is 5.69 Å². The van der Waals surface area contributed by atoms with Gasteiger partial charge in [-0.1, -0.05) is 0 Å². The Balaban J connectivity index is 1.60. The number of methoxy groups -OCH3 is 1. The lowest BCUT2D eigenvalue weighted by Crippen LogP contribution is -2.49. The molecule has 1 amide bonds. The van der Waals surface area contributed by atoms with Crippen LogP contribution in [-0.4, -0.2) is 58.8 Å². The average Bonchev–Trinajstić information content (AvgIpc) is 3.19. The number of carbonyl (C=O) groups excluding carboxylic acids is 1. The smallest absolute Gasteiger partial charge is 0.276 e. The van der Waals surface area contributed by atoms with Crippen LogP contribution in [0.15, 0.2) is 18.2 Å². The van der Waals surface area contributed by atoms with Gasteiger partial charge in [0.25, 0.3) is 5.91 Å². The number of hydrogen-bond donors (Lipinski definition) is 1. The minimum absolute atomic E-state index is 0.0155. The number of aromatic amines is 1. The van der Waals surface area contributed by atoms with E-state index in [0.29, 0.717) is 11.7 Å². The van der Waals surface area contributed by atoms with E-state index in [1.165, 1.54) is 12.8 Å². The molecule has 1 unspecified atom stereocenters. The molecule has 1 aromatic carbocycles. The fraction of sp³-hybridized carbons (Fsp3) is 0.500. The number of ether oxygens (including phenoxy) is 1. The first-order valence-electron chi connectivity index (χ1n) is 7.81. The maximum atomic E-state index is 12.8. The lowest BCUT2D eigenvalue weighted by atomic mass is 10.1. The number of rotatable bonds is 2. The second-order valence-corrected chi connectivity index (χ2v) is 6.09. The summed E-state index contributed by atoms with van der Waals surface area (Å²) in [5, 5.41) is 8.04. The van der Waals surface area contributed by atoms with Crippen LogP contribution >= 0.6 is 0 Å². The molecule has 0 saturated carbocycles. The summed E-state index contributed by atoms with van der Waals surface area (Å²) in [6, 6.07) is 6.30. The normalized spacial score (nSPS) is 22.0. The summed E-state index contributed by atoms with van der Waals surface area (Å²) in [5.74, 6) is 0.773. The number of aromatic nitrogens is 2. The molecule has 116 valence electrons. The SMILES string of the molecule is COc1ccc2c(C(=O)N3CCC4CCCN4C3)n[nH]c2c1. The molecule has 2 aliphatic heterocycles. The topological polar surface area (TPSA) is 61.5 Å². The molecule has 3 heterocycles. The van der Waals surface area contributed by atoms with Gasteiger partial charge in [-0.15, -0.1) is 0 Å². The molecule has 0 spiro atoms. The van der Waals surface area contributed by atoms with Crippen LogP contribution in [-0.2, 0) is 0 Å². The molecular formula is C16H20N4O2. The number of benzene rings is 1. The maximum Gasteiger partial charge on any atom is 0.276 e. The molecule has 0 aliphatic carbocycles. The highest BCUT2D eigenvalue weighted by molar-refractivity contribution is 6.04. The van der Waals surface area contributed by atoms with Crippen LogP contribution in [0.25, 0.3) is 10.9 Å². The van der Waals surface area contributed by atoms with Crippen molar-refractivity contribution in [1.82, 2.24) is 20.0 Å². The lowest BCUT2D eigenvalue weighted by molar-refractivity contribution is 0.0425. The predicted octanol–water partition coefficient (Wildman–Crippen LogP) is 1.84. The maximum absolute atomic E-state index is 12.8. The monoisotopic (exact) mass is 300 g/mol. The zero-order valence-electron chi connectivity index (χ0n) is 12.7. The molecule has 2 saturated heterocycles. The lowest BCUT2D eigenvalue weighted by Gasteiger charge is -2.37. The summed E-state index contributed by atoms with van der Waals surface area (Å²) in [7, 11) is 1.63. The summed E-state index contributed by atoms with van der Waals surface area (Å²) in [6.07, 6.45) is 3.59. The zero-order valence-corrected chi connectivity index (χ0v) is 12.7. The van der Waals surface area contributed by atoms with Crippen molar-refractivity contribution in [1.29, 1.82) is 0 Å². The van der Waals surface area contributed by atoms with E-state index in [2.05, 4.69) is 15.1 Å². The van der Waals surface area contributed by atoms with Crippen molar-refractivity contribution < 1.29 is 9.53 Å². The molecule has 2 aliphatic rings. The van der Waals surface area contributed by atoms with E-state index in [1.807, 2.05) is 23.1 Å². The Labute approximate surface area is 129 Å². The summed E-state index contributed by atoms with van der Waals surface area (Å²) in [5.41, 5.74) is 1.34. The molecule has 1 N–H and O–H groups in total. The van der Waals surface area contributed by atoms with Crippen molar-refractivity contribution in [2.45, 2.75) is 25.3 Å². The average molecular weight is 300 g/mol. The number of H-pyrrole nitrogens is 1. The summed E-state index contributed by atoms with van der Waals surface area (Å²) in [4.78, 5) is 17.1. The van der Waals surface area contributed by atoms with Gasteiger partial charge >= 0.3 is 0 Å². The van der Waals surface area contributed by atoms with Gasteiger partial charge < -0.3 is 9.64 Å². The Morgan fingerprint density at radius 3 is 3.14 bits per heavy atom. The number of hydrogen-bond acceptors (Lipinski definition) is 4. The highest BCUT2D eigenvalue weighted by atomic mass is 16.5. The van der Waals surface area contributed by atoms with Crippen LogP contribution in [0.2, 0.25) is 0 Å². The molecule has 4 rings (SSSR count). The Kier molecular flexibility index (Phi) is 3.26. The molecular weight excluding hydrogens is 280 g/mol. The largest absolute Gasteiger partial charge is 0.497 e. The van der Waals surface area contributed by atoms with Crippen LogP contribution in [0.4, 0.5) is 0 Å². The van der Waals surface area contributed by atoms with Crippen LogP contribution < -0.4 is 4.74 Å². The van der Waals surface area contributed by atoms with Gasteiger partial charge in [0, 0.05) is 30.6 Å². The third-order valence-electron chi connectivity index (χ3n) is 4.84. The van der Waals surface area contributed by atoms with Crippen LogP contribution in [0.1, 0.15) is 29.8 Å². The predicted molar refractivity (Wildman–Crippen MR) is 82.9 cm³/mol. The molecule has 22 heavy (non-hydrogen) atoms. The minimum atomic E-state index is 0.0155. The van der Waals surface area contributed by atoms with Crippen molar-refractivity contribution in [2.75, 3.05) is 26.9 Å². The summed E-state index contributed by atoms with van der Waals surface area (Å²) < 4.78 is 5.21. The Hall–Kier alpha value is -2.08. The summed E-state index contributed by atoms with van der Waals surface area (Å²) >= 11 is 0. The van der Waals surface area contributed by atoms with Gasteiger partial charge in [0.2, 0.25) is 0 Å². The number of amides is 1. The summed E-state index contributed by atoms with van der Waals surface area (Å²) in [6.45, 7) is 2.66. The van der Waals surface area contributed by atoms with Crippen molar-refractivity contribution in [3.63, 3.8) is 0 Å². The van der Waals surface area contributed by atoms with Crippen molar-refractivity contribution >= 4 is 16.8 Å². The van der Waals surface area contributed by atoms with Crippen LogP contribution in [0.3, 0.4) is 0 Å². The van der Waals surface area contributed by atoms with E-state index in [9.17, 15) is 4.79 Å². The molecule has 2 aromatic rings. The second-order valence-electron chi connectivity index (χ2n) is 6.09. The van der Waals surface area contributed by atoms with Gasteiger partial charge in [0.1, 0.15) is 5.75 Å². The zero-order chi connectivity index (χ0) is 15.1. The van der Waals surface area contributed by atoms with E-state index in [1.54, 1.807) is 7.11 Å². The van der Waals surface area contributed by atoms with Crippen LogP contribution in [0, 0.1) is 0 Å². The molecule has 6 heteroatoms. The van der Waals surface area contributed by atoms with E-state index in [0.717, 1.165) is 42.8 Å². The van der Waals surface area contributed by atoms with Gasteiger partial charge in [-0.3, -0.25) is 14.8 Å². The molecule has 0 radical (unpaired) electrons. The number of nitrogens with zero attached hydrogens (tertiary/aromatic N) is 3. The van der Waals surface area contributed by atoms with Gasteiger partial charge in [-0.05, 0) is 31.4 Å². The molecule has 0 bridgehead atoms. The first kappa shape index (κ1) is 13.6. The Morgan fingerprint density at radius 1 is 1.36 bits per heavy atom. The number of nitrogens with one attached hydrogen (secondary N) is 1. The van der Waals surface area contributed by atoms with Gasteiger partial charge in [0.05, 0.1) is 19.3 Å². The van der Waals surface area contributed by atoms with E-state index < -0.39 is 0 Å².